The van der Waals surface area contributed by atoms with Gasteiger partial charge in [0.15, 0.2) is 0 Å². The average molecular weight is 244 g/mol. The highest BCUT2D eigenvalue weighted by atomic mass is 16.2. The summed E-state index contributed by atoms with van der Waals surface area (Å²) in [5.41, 5.74) is -2.41. The summed E-state index contributed by atoms with van der Waals surface area (Å²) >= 11 is 0. The smallest absolute Gasteiger partial charge is 0.312 e. The van der Waals surface area contributed by atoms with Crippen LogP contribution >= 0.6 is 0 Å². The normalized spacial score (nSPS) is 9.29. The lowest BCUT2D eigenvalue weighted by atomic mass is 10.6. The molecule has 0 saturated heterocycles. The number of aromatic nitrogens is 3. The first-order valence-corrected chi connectivity index (χ1v) is 4.94. The zero-order chi connectivity index (χ0) is 13.8. The molecule has 7 heteroatoms. The minimum Gasteiger partial charge on any atom is -0.312 e. The Labute approximate surface area is 99.2 Å². The molecule has 1 heterocycles. The van der Waals surface area contributed by atoms with E-state index in [0.29, 0.717) is 0 Å². The van der Waals surface area contributed by atoms with Gasteiger partial charge >= 0.3 is 17.1 Å². The third-order valence-corrected chi connectivity index (χ3v) is 1.01. The van der Waals surface area contributed by atoms with Crippen LogP contribution < -0.4 is 17.1 Å². The molecule has 0 saturated carbocycles. The van der Waals surface area contributed by atoms with Crippen LogP contribution in [0.1, 0.15) is 13.8 Å². The zero-order valence-electron chi connectivity index (χ0n) is 10.8. The van der Waals surface area contributed by atoms with Crippen LogP contribution in [0.3, 0.4) is 0 Å². The molecule has 0 atom stereocenters. The Morgan fingerprint density at radius 2 is 0.941 bits per heavy atom. The molecule has 1 aromatic rings. The molecule has 17 heavy (non-hydrogen) atoms. The third-order valence-electron chi connectivity index (χ3n) is 1.01. The molecule has 98 valence electrons. The largest absolute Gasteiger partial charge is 0.330 e. The van der Waals surface area contributed by atoms with Gasteiger partial charge in [0.05, 0.1) is 0 Å². The van der Waals surface area contributed by atoms with Gasteiger partial charge in [0.25, 0.3) is 0 Å². The number of H-pyrrole nitrogens is 3. The van der Waals surface area contributed by atoms with Gasteiger partial charge in [0.1, 0.15) is 0 Å². The Morgan fingerprint density at radius 1 is 0.765 bits per heavy atom. The Balaban J connectivity index is 0. The number of hydrogen-bond donors (Lipinski definition) is 3. The molecule has 3 N–H and O–H groups in total. The van der Waals surface area contributed by atoms with Crippen molar-refractivity contribution in [2.24, 2.45) is 0 Å². The fourth-order valence-electron chi connectivity index (χ4n) is 0.403. The molecule has 0 bridgehead atoms. The van der Waals surface area contributed by atoms with Gasteiger partial charge in [-0.25, -0.2) is 14.4 Å². The van der Waals surface area contributed by atoms with E-state index in [-0.39, 0.29) is 0 Å². The first-order valence-electron chi connectivity index (χ1n) is 4.94. The second-order valence-electron chi connectivity index (χ2n) is 3.37. The molecule has 0 fully saturated rings. The van der Waals surface area contributed by atoms with Gasteiger partial charge in [-0.05, 0) is 35.0 Å². The van der Waals surface area contributed by atoms with E-state index in [4.69, 9.17) is 0 Å². The van der Waals surface area contributed by atoms with Crippen LogP contribution in [0.25, 0.3) is 0 Å². The number of rotatable bonds is 0. The predicted octanol–water partition coefficient (Wildman–Crippen LogP) is -0.488. The molecule has 0 aliphatic carbocycles. The van der Waals surface area contributed by atoms with Gasteiger partial charge in [0.2, 0.25) is 0 Å². The molecule has 7 nitrogen and oxygen atoms in total. The average Bonchev–Trinajstić information content (AvgIpc) is 2.15. The van der Waals surface area contributed by atoms with Gasteiger partial charge < -0.3 is 4.90 Å². The number of nitrogens with one attached hydrogen (secondary N) is 3. The zero-order valence-corrected chi connectivity index (χ0v) is 10.8. The Hall–Kier alpha value is -1.89. The molecule has 1 aromatic heterocycles. The molecule has 0 spiro atoms. The van der Waals surface area contributed by atoms with Crippen LogP contribution in [0.5, 0.6) is 0 Å². The van der Waals surface area contributed by atoms with E-state index in [1.165, 1.54) is 0 Å². The number of nitrogens with zero attached hydrogens (tertiary/aromatic N) is 1. The minimum atomic E-state index is -0.802. The summed E-state index contributed by atoms with van der Waals surface area (Å²) in [7, 11) is 6.00. The Kier molecular flexibility index (Phi) is 10.9. The molecular formula is C10H20N4O3. The summed E-state index contributed by atoms with van der Waals surface area (Å²) in [6, 6.07) is 0. The lowest BCUT2D eigenvalue weighted by Crippen LogP contribution is -2.34. The van der Waals surface area contributed by atoms with E-state index in [0.717, 1.165) is 0 Å². The van der Waals surface area contributed by atoms with Crippen LogP contribution in [-0.4, -0.2) is 41.0 Å². The van der Waals surface area contributed by atoms with E-state index in [2.05, 4.69) is 0 Å². The van der Waals surface area contributed by atoms with Gasteiger partial charge in [-0.2, -0.15) is 0 Å². The van der Waals surface area contributed by atoms with Gasteiger partial charge in [-0.1, -0.05) is 12.2 Å². The third kappa shape index (κ3) is 16.8. The van der Waals surface area contributed by atoms with E-state index >= 15 is 0 Å². The highest BCUT2D eigenvalue weighted by Crippen LogP contribution is 1.57. The first kappa shape index (κ1) is 17.5. The van der Waals surface area contributed by atoms with Crippen molar-refractivity contribution in [3.63, 3.8) is 0 Å². The predicted molar refractivity (Wildman–Crippen MR) is 68.4 cm³/mol. The summed E-state index contributed by atoms with van der Waals surface area (Å²) in [4.78, 5) is 37.9. The molecule has 0 radical (unpaired) electrons. The highest BCUT2D eigenvalue weighted by Gasteiger charge is 1.85. The lowest BCUT2D eigenvalue weighted by molar-refractivity contribution is 0.505. The maximum absolute atomic E-state index is 10.2. The summed E-state index contributed by atoms with van der Waals surface area (Å²) in [5.74, 6) is 0. The van der Waals surface area contributed by atoms with E-state index in [1.54, 1.807) is 15.0 Å². The van der Waals surface area contributed by atoms with E-state index < -0.39 is 17.1 Å². The van der Waals surface area contributed by atoms with Gasteiger partial charge in [-0.3, -0.25) is 15.0 Å². The van der Waals surface area contributed by atoms with Crippen molar-refractivity contribution in [1.82, 2.24) is 19.9 Å². The summed E-state index contributed by atoms with van der Waals surface area (Å²) in [5, 5.41) is 0. The maximum Gasteiger partial charge on any atom is 0.330 e. The van der Waals surface area contributed by atoms with Crippen molar-refractivity contribution in [3.05, 3.63) is 43.6 Å². The maximum atomic E-state index is 10.2. The monoisotopic (exact) mass is 244 g/mol. The van der Waals surface area contributed by atoms with Crippen LogP contribution in [0.2, 0.25) is 0 Å². The van der Waals surface area contributed by atoms with E-state index in [1.807, 2.05) is 52.0 Å². The lowest BCUT2D eigenvalue weighted by Gasteiger charge is -1.90. The Bertz CT molecular complexity index is 382. The van der Waals surface area contributed by atoms with E-state index in [9.17, 15) is 14.4 Å². The van der Waals surface area contributed by atoms with Crippen LogP contribution in [0, 0.1) is 0 Å². The topological polar surface area (TPSA) is 102 Å². The fourth-order valence-corrected chi connectivity index (χ4v) is 0.403. The SMILES string of the molecule is CC=CC.CN(C)C.O=c1[nH]c(=O)[nH]c(=O)[nH]1. The molecule has 0 amide bonds. The van der Waals surface area contributed by atoms with Crippen LogP contribution in [-0.2, 0) is 0 Å². The molecule has 0 aromatic carbocycles. The summed E-state index contributed by atoms with van der Waals surface area (Å²) < 4.78 is 0. The second-order valence-corrected chi connectivity index (χ2v) is 3.37. The van der Waals surface area contributed by atoms with Crippen molar-refractivity contribution >= 4 is 0 Å². The fraction of sp³-hybridized carbons (Fsp3) is 0.500. The minimum absolute atomic E-state index is 0.802. The second kappa shape index (κ2) is 10.6. The first-order chi connectivity index (χ1) is 7.83. The van der Waals surface area contributed by atoms with Crippen molar-refractivity contribution < 1.29 is 0 Å². The standard InChI is InChI=1S/C4H8.C3H3N3O3.C3H9N/c1-3-4-2;7-1-4-2(8)6-3(9)5-1;1-4(2)3/h3-4H,1-2H3;(H3,4,5,6,7,8,9);1-3H3. The van der Waals surface area contributed by atoms with Gasteiger partial charge in [-0.15, -0.1) is 0 Å². The summed E-state index contributed by atoms with van der Waals surface area (Å²) in [6.07, 6.45) is 4.00. The molecule has 0 unspecified atom stereocenters. The van der Waals surface area contributed by atoms with Gasteiger partial charge in [0, 0.05) is 0 Å². The number of aromatic amines is 3. The van der Waals surface area contributed by atoms with Crippen molar-refractivity contribution in [3.8, 4) is 0 Å². The molecule has 1 rings (SSSR count). The summed E-state index contributed by atoms with van der Waals surface area (Å²) in [6.45, 7) is 4.00. The van der Waals surface area contributed by atoms with Crippen LogP contribution in [0.15, 0.2) is 26.5 Å². The van der Waals surface area contributed by atoms with Crippen molar-refractivity contribution in [2.45, 2.75) is 13.8 Å². The quantitative estimate of drug-likeness (QED) is 0.536. The number of hydrogen-bond acceptors (Lipinski definition) is 4. The van der Waals surface area contributed by atoms with Crippen molar-refractivity contribution in [1.29, 1.82) is 0 Å². The molecular weight excluding hydrogens is 224 g/mol. The molecule has 0 aliphatic heterocycles. The number of allylic oxidation sites excluding steroid dienone is 2. The Morgan fingerprint density at radius 3 is 1.06 bits per heavy atom. The highest BCUT2D eigenvalue weighted by molar-refractivity contribution is 4.68. The van der Waals surface area contributed by atoms with Crippen LogP contribution in [0.4, 0.5) is 0 Å². The van der Waals surface area contributed by atoms with Crippen molar-refractivity contribution in [2.75, 3.05) is 21.1 Å². The molecule has 0 aliphatic rings.